The molecule has 0 aliphatic carbocycles. The van der Waals surface area contributed by atoms with Crippen LogP contribution < -0.4 is 0 Å². The summed E-state index contributed by atoms with van der Waals surface area (Å²) in [6, 6.07) is 10.2. The molecule has 0 aliphatic heterocycles. The summed E-state index contributed by atoms with van der Waals surface area (Å²) in [7, 11) is 0. The molecule has 1 aromatic heterocycles. The van der Waals surface area contributed by atoms with E-state index in [-0.39, 0.29) is 0 Å². The van der Waals surface area contributed by atoms with E-state index in [1.54, 1.807) is 12.5 Å². The molecule has 3 heteroatoms. The van der Waals surface area contributed by atoms with E-state index >= 15 is 0 Å². The number of benzene rings is 1. The van der Waals surface area contributed by atoms with Crippen LogP contribution in [0.25, 0.3) is 0 Å². The normalized spacial score (nSPS) is 12.6. The second-order valence-corrected chi connectivity index (χ2v) is 4.14. The molecular formula is C14H18N2O. The van der Waals surface area contributed by atoms with Crippen molar-refractivity contribution in [3.8, 4) is 0 Å². The molecule has 0 amide bonds. The van der Waals surface area contributed by atoms with Crippen LogP contribution in [-0.2, 0) is 13.0 Å². The van der Waals surface area contributed by atoms with Crippen molar-refractivity contribution in [1.29, 1.82) is 0 Å². The first kappa shape index (κ1) is 11.9. The van der Waals surface area contributed by atoms with Gasteiger partial charge in [0.25, 0.3) is 0 Å². The smallest absolute Gasteiger partial charge is 0.0959 e. The lowest BCUT2D eigenvalue weighted by Crippen LogP contribution is -2.06. The molecule has 0 aliphatic rings. The van der Waals surface area contributed by atoms with Gasteiger partial charge in [-0.3, -0.25) is 0 Å². The highest BCUT2D eigenvalue weighted by Crippen LogP contribution is 2.18. The molecule has 1 unspecified atom stereocenters. The fourth-order valence-electron chi connectivity index (χ4n) is 1.97. The topological polar surface area (TPSA) is 38.0 Å². The molecule has 3 nitrogen and oxygen atoms in total. The highest BCUT2D eigenvalue weighted by Gasteiger charge is 2.11. The van der Waals surface area contributed by atoms with Crippen molar-refractivity contribution >= 4 is 0 Å². The summed E-state index contributed by atoms with van der Waals surface area (Å²) in [6.45, 7) is 2.90. The lowest BCUT2D eigenvalue weighted by molar-refractivity contribution is 0.158. The Labute approximate surface area is 102 Å². The van der Waals surface area contributed by atoms with Crippen molar-refractivity contribution in [1.82, 2.24) is 9.55 Å². The fraction of sp³-hybridized carbons (Fsp3) is 0.357. The number of aliphatic hydroxyl groups excluding tert-OH is 1. The Morgan fingerprint density at radius 1 is 1.29 bits per heavy atom. The standard InChI is InChI=1S/C14H18N2O/c1-2-16-11-15-10-13(16)14(17)9-8-12-6-4-3-5-7-12/h3-7,10-11,14,17H,2,8-9H2,1H3. The van der Waals surface area contributed by atoms with Gasteiger partial charge in [-0.05, 0) is 25.3 Å². The number of aliphatic hydroxyl groups is 1. The molecule has 2 rings (SSSR count). The number of nitrogens with zero attached hydrogens (tertiary/aromatic N) is 2. The van der Waals surface area contributed by atoms with Crippen LogP contribution in [-0.4, -0.2) is 14.7 Å². The molecular weight excluding hydrogens is 212 g/mol. The maximum atomic E-state index is 10.1. The summed E-state index contributed by atoms with van der Waals surface area (Å²) in [5, 5.41) is 10.1. The number of aryl methyl sites for hydroxylation is 2. The first-order valence-electron chi connectivity index (χ1n) is 6.03. The van der Waals surface area contributed by atoms with Crippen LogP contribution in [0.5, 0.6) is 0 Å². The third-order valence-corrected chi connectivity index (χ3v) is 2.98. The number of imidazole rings is 1. The van der Waals surface area contributed by atoms with Gasteiger partial charge in [-0.2, -0.15) is 0 Å². The van der Waals surface area contributed by atoms with Gasteiger partial charge < -0.3 is 9.67 Å². The quantitative estimate of drug-likeness (QED) is 0.857. The van der Waals surface area contributed by atoms with Crippen molar-refractivity contribution in [3.63, 3.8) is 0 Å². The van der Waals surface area contributed by atoms with E-state index < -0.39 is 6.10 Å². The molecule has 0 spiro atoms. The lowest BCUT2D eigenvalue weighted by Gasteiger charge is -2.12. The van der Waals surface area contributed by atoms with Crippen molar-refractivity contribution < 1.29 is 5.11 Å². The maximum Gasteiger partial charge on any atom is 0.0959 e. The molecule has 0 saturated heterocycles. The second kappa shape index (κ2) is 5.64. The van der Waals surface area contributed by atoms with Crippen molar-refractivity contribution in [2.45, 2.75) is 32.4 Å². The maximum absolute atomic E-state index is 10.1. The van der Waals surface area contributed by atoms with Crippen molar-refractivity contribution in [2.24, 2.45) is 0 Å². The van der Waals surface area contributed by atoms with Gasteiger partial charge in [-0.15, -0.1) is 0 Å². The zero-order chi connectivity index (χ0) is 12.1. The first-order chi connectivity index (χ1) is 8.31. The third kappa shape index (κ3) is 2.94. The van der Waals surface area contributed by atoms with Crippen LogP contribution in [0, 0.1) is 0 Å². The van der Waals surface area contributed by atoms with Gasteiger partial charge in [0, 0.05) is 6.54 Å². The van der Waals surface area contributed by atoms with Crippen LogP contribution in [0.1, 0.15) is 30.7 Å². The van der Waals surface area contributed by atoms with E-state index in [9.17, 15) is 5.11 Å². The number of aromatic nitrogens is 2. The SMILES string of the molecule is CCn1cncc1C(O)CCc1ccccc1. The monoisotopic (exact) mass is 230 g/mol. The average molecular weight is 230 g/mol. The van der Waals surface area contributed by atoms with Gasteiger partial charge in [0.15, 0.2) is 0 Å². The highest BCUT2D eigenvalue weighted by molar-refractivity contribution is 5.15. The van der Waals surface area contributed by atoms with Crippen LogP contribution in [0.15, 0.2) is 42.9 Å². The zero-order valence-electron chi connectivity index (χ0n) is 10.1. The molecule has 0 radical (unpaired) electrons. The Morgan fingerprint density at radius 3 is 2.76 bits per heavy atom. The summed E-state index contributed by atoms with van der Waals surface area (Å²) < 4.78 is 1.98. The first-order valence-corrected chi connectivity index (χ1v) is 6.03. The predicted molar refractivity (Wildman–Crippen MR) is 67.6 cm³/mol. The molecule has 90 valence electrons. The summed E-state index contributed by atoms with van der Waals surface area (Å²) >= 11 is 0. The Hall–Kier alpha value is -1.61. The molecule has 1 atom stereocenters. The largest absolute Gasteiger partial charge is 0.387 e. The van der Waals surface area contributed by atoms with Crippen molar-refractivity contribution in [2.75, 3.05) is 0 Å². The summed E-state index contributed by atoms with van der Waals surface area (Å²) in [5.41, 5.74) is 2.16. The van der Waals surface area contributed by atoms with E-state index in [4.69, 9.17) is 0 Å². The van der Waals surface area contributed by atoms with E-state index in [2.05, 4.69) is 24.0 Å². The summed E-state index contributed by atoms with van der Waals surface area (Å²) in [4.78, 5) is 4.07. The van der Waals surface area contributed by atoms with Gasteiger partial charge in [-0.1, -0.05) is 30.3 Å². The summed E-state index contributed by atoms with van der Waals surface area (Å²) in [5.74, 6) is 0. The molecule has 0 saturated carbocycles. The van der Waals surface area contributed by atoms with Crippen LogP contribution >= 0.6 is 0 Å². The van der Waals surface area contributed by atoms with Crippen LogP contribution in [0.4, 0.5) is 0 Å². The molecule has 0 bridgehead atoms. The average Bonchev–Trinajstić information content (AvgIpc) is 2.85. The summed E-state index contributed by atoms with van der Waals surface area (Å²) in [6.07, 6.45) is 4.70. The minimum Gasteiger partial charge on any atom is -0.387 e. The molecule has 1 heterocycles. The lowest BCUT2D eigenvalue weighted by atomic mass is 10.1. The molecule has 17 heavy (non-hydrogen) atoms. The minimum atomic E-state index is -0.433. The third-order valence-electron chi connectivity index (χ3n) is 2.98. The predicted octanol–water partition coefficient (Wildman–Crippen LogP) is 2.57. The van der Waals surface area contributed by atoms with Gasteiger partial charge in [0.2, 0.25) is 0 Å². The van der Waals surface area contributed by atoms with Gasteiger partial charge >= 0.3 is 0 Å². The highest BCUT2D eigenvalue weighted by atomic mass is 16.3. The molecule has 1 aromatic carbocycles. The van der Waals surface area contributed by atoms with Crippen LogP contribution in [0.2, 0.25) is 0 Å². The van der Waals surface area contributed by atoms with Gasteiger partial charge in [-0.25, -0.2) is 4.98 Å². The van der Waals surface area contributed by atoms with E-state index in [0.29, 0.717) is 0 Å². The fourth-order valence-corrected chi connectivity index (χ4v) is 1.97. The van der Waals surface area contributed by atoms with Gasteiger partial charge in [0.05, 0.1) is 24.3 Å². The number of hydrogen-bond donors (Lipinski definition) is 1. The van der Waals surface area contributed by atoms with E-state index in [1.807, 2.05) is 22.8 Å². The zero-order valence-corrected chi connectivity index (χ0v) is 10.1. The Balaban J connectivity index is 1.96. The Kier molecular flexibility index (Phi) is 3.94. The minimum absolute atomic E-state index is 0.433. The molecule has 2 aromatic rings. The molecule has 0 fully saturated rings. The molecule has 1 N–H and O–H groups in total. The number of hydrogen-bond acceptors (Lipinski definition) is 2. The second-order valence-electron chi connectivity index (χ2n) is 4.14. The van der Waals surface area contributed by atoms with Gasteiger partial charge in [0.1, 0.15) is 0 Å². The van der Waals surface area contributed by atoms with E-state index in [0.717, 1.165) is 25.1 Å². The van der Waals surface area contributed by atoms with Crippen LogP contribution in [0.3, 0.4) is 0 Å². The van der Waals surface area contributed by atoms with Crippen molar-refractivity contribution in [3.05, 3.63) is 54.1 Å². The van der Waals surface area contributed by atoms with E-state index in [1.165, 1.54) is 5.56 Å². The Bertz CT molecular complexity index is 450. The number of rotatable bonds is 5. The Morgan fingerprint density at radius 2 is 2.06 bits per heavy atom.